The summed E-state index contributed by atoms with van der Waals surface area (Å²) in [4.78, 5) is 38.3. The minimum absolute atomic E-state index is 0.204. The lowest BCUT2D eigenvalue weighted by molar-refractivity contribution is -0.384. The molecule has 0 fully saturated rings. The molecule has 0 aliphatic carbocycles. The number of benzene rings is 1. The molecule has 10 nitrogen and oxygen atoms in total. The van der Waals surface area contributed by atoms with E-state index in [1.807, 2.05) is 0 Å². The molecule has 0 aliphatic rings. The maximum absolute atomic E-state index is 11.3. The molecule has 1 rings (SSSR count). The fourth-order valence-corrected chi connectivity index (χ4v) is 1.41. The summed E-state index contributed by atoms with van der Waals surface area (Å²) < 4.78 is 15.2. The van der Waals surface area contributed by atoms with Gasteiger partial charge in [-0.25, -0.2) is 4.79 Å². The SMILES string of the molecule is O=C(Oc1ccc([N+](=O)[O-])cc1)/C(=N\O)P(=O)(O)O. The van der Waals surface area contributed by atoms with Crippen LogP contribution in [0.2, 0.25) is 0 Å². The Morgan fingerprint density at radius 3 is 2.21 bits per heavy atom. The molecular formula is C8H7N2O8P. The lowest BCUT2D eigenvalue weighted by Crippen LogP contribution is -2.20. The number of hydrogen-bond acceptors (Lipinski definition) is 7. The fraction of sp³-hybridized carbons (Fsp3) is 0. The summed E-state index contributed by atoms with van der Waals surface area (Å²) in [7, 11) is -5.08. The van der Waals surface area contributed by atoms with Gasteiger partial charge in [0.15, 0.2) is 0 Å². The van der Waals surface area contributed by atoms with Crippen LogP contribution in [0.15, 0.2) is 29.4 Å². The van der Waals surface area contributed by atoms with E-state index < -0.39 is 23.9 Å². The molecule has 0 unspecified atom stereocenters. The Balaban J connectivity index is 2.88. The zero-order chi connectivity index (χ0) is 14.6. The number of nitrogens with zero attached hydrogens (tertiary/aromatic N) is 2. The minimum atomic E-state index is -5.08. The van der Waals surface area contributed by atoms with E-state index in [-0.39, 0.29) is 11.4 Å². The highest BCUT2D eigenvalue weighted by molar-refractivity contribution is 7.73. The van der Waals surface area contributed by atoms with Crippen LogP contribution in [0.1, 0.15) is 0 Å². The van der Waals surface area contributed by atoms with E-state index in [0.29, 0.717) is 0 Å². The van der Waals surface area contributed by atoms with E-state index in [1.165, 1.54) is 0 Å². The molecule has 0 amide bonds. The van der Waals surface area contributed by atoms with Crippen LogP contribution in [0.3, 0.4) is 0 Å². The lowest BCUT2D eigenvalue weighted by Gasteiger charge is -2.06. The Bertz CT molecular complexity index is 575. The van der Waals surface area contributed by atoms with Crippen LogP contribution < -0.4 is 4.74 Å². The molecule has 0 radical (unpaired) electrons. The third-order valence-electron chi connectivity index (χ3n) is 1.81. The summed E-state index contributed by atoms with van der Waals surface area (Å²) in [5.41, 5.74) is -1.73. The van der Waals surface area contributed by atoms with E-state index in [0.717, 1.165) is 24.3 Å². The van der Waals surface area contributed by atoms with Crippen molar-refractivity contribution in [3.63, 3.8) is 0 Å². The predicted molar refractivity (Wildman–Crippen MR) is 60.0 cm³/mol. The summed E-state index contributed by atoms with van der Waals surface area (Å²) in [5, 5.41) is 20.9. The lowest BCUT2D eigenvalue weighted by atomic mass is 10.3. The van der Waals surface area contributed by atoms with Crippen molar-refractivity contribution in [2.45, 2.75) is 0 Å². The molecule has 0 heterocycles. The number of esters is 1. The van der Waals surface area contributed by atoms with Crippen LogP contribution in [0.5, 0.6) is 5.75 Å². The van der Waals surface area contributed by atoms with Crippen molar-refractivity contribution in [2.24, 2.45) is 5.16 Å². The van der Waals surface area contributed by atoms with Gasteiger partial charge in [-0.1, -0.05) is 5.16 Å². The second kappa shape index (κ2) is 5.57. The number of hydrogen-bond donors (Lipinski definition) is 3. The zero-order valence-corrected chi connectivity index (χ0v) is 9.93. The first-order valence-electron chi connectivity index (χ1n) is 4.50. The molecule has 0 spiro atoms. The third-order valence-corrected chi connectivity index (χ3v) is 2.64. The second-order valence-corrected chi connectivity index (χ2v) is 4.62. The molecule has 1 aromatic rings. The molecule has 0 saturated carbocycles. The number of nitro groups is 1. The number of carbonyl (C=O) groups excluding carboxylic acids is 1. The first kappa shape index (κ1) is 14.8. The largest absolute Gasteiger partial charge is 0.421 e. The van der Waals surface area contributed by atoms with Crippen molar-refractivity contribution >= 4 is 24.7 Å². The molecule has 19 heavy (non-hydrogen) atoms. The highest BCUT2D eigenvalue weighted by atomic mass is 31.2. The quantitative estimate of drug-likeness (QED) is 0.137. The molecule has 0 bridgehead atoms. The average Bonchev–Trinajstić information content (AvgIpc) is 2.28. The van der Waals surface area contributed by atoms with E-state index in [4.69, 9.17) is 15.0 Å². The molecule has 0 aliphatic heterocycles. The smallest absolute Gasteiger partial charge is 0.385 e. The van der Waals surface area contributed by atoms with Gasteiger partial charge in [0.2, 0.25) is 0 Å². The summed E-state index contributed by atoms with van der Waals surface area (Å²) in [6, 6.07) is 4.14. The van der Waals surface area contributed by atoms with Gasteiger partial charge in [-0.2, -0.15) is 0 Å². The highest BCUT2D eigenvalue weighted by Crippen LogP contribution is 2.37. The Hall–Kier alpha value is -2.29. The molecule has 0 atom stereocenters. The average molecular weight is 290 g/mol. The van der Waals surface area contributed by atoms with Gasteiger partial charge < -0.3 is 19.7 Å². The van der Waals surface area contributed by atoms with E-state index >= 15 is 0 Å². The van der Waals surface area contributed by atoms with Crippen LogP contribution >= 0.6 is 7.60 Å². The van der Waals surface area contributed by atoms with Crippen LogP contribution in [0.4, 0.5) is 5.69 Å². The maximum Gasteiger partial charge on any atom is 0.385 e. The Morgan fingerprint density at radius 1 is 1.32 bits per heavy atom. The number of nitro benzene ring substituents is 1. The van der Waals surface area contributed by atoms with Crippen molar-refractivity contribution < 1.29 is 34.0 Å². The van der Waals surface area contributed by atoms with E-state index in [2.05, 4.69) is 9.89 Å². The minimum Gasteiger partial charge on any atom is -0.421 e. The molecule has 1 aromatic carbocycles. The molecule has 0 aromatic heterocycles. The van der Waals surface area contributed by atoms with Gasteiger partial charge in [-0.15, -0.1) is 0 Å². The van der Waals surface area contributed by atoms with Gasteiger partial charge in [-0.3, -0.25) is 14.7 Å². The normalized spacial score (nSPS) is 12.0. The van der Waals surface area contributed by atoms with Crippen molar-refractivity contribution in [1.82, 2.24) is 0 Å². The summed E-state index contributed by atoms with van der Waals surface area (Å²) >= 11 is 0. The van der Waals surface area contributed by atoms with Gasteiger partial charge in [0, 0.05) is 12.1 Å². The number of oxime groups is 1. The number of non-ortho nitro benzene ring substituents is 1. The van der Waals surface area contributed by atoms with E-state index in [9.17, 15) is 19.5 Å². The first-order chi connectivity index (χ1) is 8.75. The van der Waals surface area contributed by atoms with E-state index in [1.54, 1.807) is 0 Å². The summed E-state index contributed by atoms with van der Waals surface area (Å²) in [5.74, 6) is -1.77. The van der Waals surface area contributed by atoms with Crippen LogP contribution in [0.25, 0.3) is 0 Å². The Kier molecular flexibility index (Phi) is 4.33. The topological polar surface area (TPSA) is 160 Å². The van der Waals surface area contributed by atoms with Crippen molar-refractivity contribution in [3.8, 4) is 5.75 Å². The monoisotopic (exact) mass is 290 g/mol. The molecule has 0 saturated heterocycles. The highest BCUT2D eigenvalue weighted by Gasteiger charge is 2.33. The standard InChI is InChI=1S/C8H7N2O8P/c11-8(7(9-12)19(15,16)17)18-6-3-1-5(2-4-6)10(13)14/h1-4,12H,(H2,15,16,17)/b9-7+. The van der Waals surface area contributed by atoms with Gasteiger partial charge in [0.25, 0.3) is 11.1 Å². The summed E-state index contributed by atoms with van der Waals surface area (Å²) in [6.07, 6.45) is 0. The van der Waals surface area contributed by atoms with Crippen LogP contribution in [-0.4, -0.2) is 31.3 Å². The van der Waals surface area contributed by atoms with Crippen molar-refractivity contribution in [1.29, 1.82) is 0 Å². The Morgan fingerprint density at radius 2 is 1.84 bits per heavy atom. The van der Waals surface area contributed by atoms with Crippen LogP contribution in [0, 0.1) is 10.1 Å². The molecular weight excluding hydrogens is 283 g/mol. The van der Waals surface area contributed by atoms with Gasteiger partial charge in [0.1, 0.15) is 5.75 Å². The predicted octanol–water partition coefficient (Wildman–Crippen LogP) is 0.466. The third kappa shape index (κ3) is 3.85. The molecule has 11 heteroatoms. The molecule has 3 N–H and O–H groups in total. The first-order valence-corrected chi connectivity index (χ1v) is 6.11. The van der Waals surface area contributed by atoms with Crippen molar-refractivity contribution in [3.05, 3.63) is 34.4 Å². The number of ether oxygens (including phenoxy) is 1. The maximum atomic E-state index is 11.3. The summed E-state index contributed by atoms with van der Waals surface area (Å²) in [6.45, 7) is 0. The van der Waals surface area contributed by atoms with Crippen LogP contribution in [-0.2, 0) is 9.36 Å². The fourth-order valence-electron chi connectivity index (χ4n) is 1.01. The van der Waals surface area contributed by atoms with Gasteiger partial charge in [-0.05, 0) is 12.1 Å². The number of carbonyl (C=O) groups is 1. The van der Waals surface area contributed by atoms with Gasteiger partial charge in [0.05, 0.1) is 4.92 Å². The number of rotatable bonds is 4. The van der Waals surface area contributed by atoms with Crippen molar-refractivity contribution in [2.75, 3.05) is 0 Å². The van der Waals surface area contributed by atoms with Gasteiger partial charge >= 0.3 is 13.6 Å². The second-order valence-electron chi connectivity index (χ2n) is 3.11. The zero-order valence-electron chi connectivity index (χ0n) is 9.03. The Labute approximate surface area is 105 Å². The molecule has 102 valence electrons.